The summed E-state index contributed by atoms with van der Waals surface area (Å²) in [5.41, 5.74) is 2.16. The highest BCUT2D eigenvalue weighted by atomic mass is 16.5. The molecule has 1 aliphatic rings. The van der Waals surface area contributed by atoms with E-state index in [0.29, 0.717) is 29.9 Å². The van der Waals surface area contributed by atoms with Crippen LogP contribution >= 0.6 is 0 Å². The van der Waals surface area contributed by atoms with Gasteiger partial charge in [0.1, 0.15) is 23.4 Å². The third kappa shape index (κ3) is 3.54. The first-order valence-corrected chi connectivity index (χ1v) is 8.90. The van der Waals surface area contributed by atoms with E-state index in [4.69, 9.17) is 9.47 Å². The second-order valence-corrected chi connectivity index (χ2v) is 6.77. The Balaban J connectivity index is 1.67. The predicted molar refractivity (Wildman–Crippen MR) is 102 cm³/mol. The first kappa shape index (κ1) is 18.0. The van der Waals surface area contributed by atoms with Crippen molar-refractivity contribution in [1.82, 2.24) is 0 Å². The lowest BCUT2D eigenvalue weighted by Crippen LogP contribution is -2.33. The Hall–Kier alpha value is -3.38. The van der Waals surface area contributed by atoms with Crippen LogP contribution in [-0.2, 0) is 17.8 Å². The molecule has 0 unspecified atom stereocenters. The molecule has 28 heavy (non-hydrogen) atoms. The Kier molecular flexibility index (Phi) is 4.71. The molecule has 6 nitrogen and oxygen atoms in total. The summed E-state index contributed by atoms with van der Waals surface area (Å²) in [5.74, 6) is -0.290. The molecule has 4 rings (SSSR count). The van der Waals surface area contributed by atoms with Crippen molar-refractivity contribution in [2.45, 2.75) is 25.2 Å². The Morgan fingerprint density at radius 3 is 2.39 bits per heavy atom. The maximum Gasteiger partial charge on any atom is 0.157 e. The van der Waals surface area contributed by atoms with Crippen LogP contribution < -0.4 is 4.74 Å². The van der Waals surface area contributed by atoms with Gasteiger partial charge in [0.15, 0.2) is 17.6 Å². The summed E-state index contributed by atoms with van der Waals surface area (Å²) >= 11 is 0. The van der Waals surface area contributed by atoms with Crippen molar-refractivity contribution in [3.05, 3.63) is 77.4 Å². The number of phenolic OH excluding ortho intramolecular Hbond substituents is 4. The van der Waals surface area contributed by atoms with Crippen LogP contribution in [0.4, 0.5) is 0 Å². The fourth-order valence-electron chi connectivity index (χ4n) is 3.37. The van der Waals surface area contributed by atoms with Gasteiger partial charge in [-0.25, -0.2) is 0 Å². The summed E-state index contributed by atoms with van der Waals surface area (Å²) in [6.07, 6.45) is -0.684. The lowest BCUT2D eigenvalue weighted by molar-refractivity contribution is -0.0466. The van der Waals surface area contributed by atoms with Crippen LogP contribution in [0.2, 0.25) is 0 Å². The molecule has 2 atom stereocenters. The van der Waals surface area contributed by atoms with E-state index in [0.717, 1.165) is 5.56 Å². The Morgan fingerprint density at radius 2 is 1.64 bits per heavy atom. The van der Waals surface area contributed by atoms with Crippen molar-refractivity contribution in [2.24, 2.45) is 0 Å². The van der Waals surface area contributed by atoms with Gasteiger partial charge in [-0.3, -0.25) is 0 Å². The number of hydrogen-bond donors (Lipinski definition) is 4. The van der Waals surface area contributed by atoms with Gasteiger partial charge in [0.05, 0.1) is 6.61 Å². The van der Waals surface area contributed by atoms with Gasteiger partial charge in [0.2, 0.25) is 0 Å². The summed E-state index contributed by atoms with van der Waals surface area (Å²) in [6, 6.07) is 16.8. The fourth-order valence-corrected chi connectivity index (χ4v) is 3.37. The standard InChI is InChI=1S/C22H20O6/c23-15-9-18(25)16-11-21(27-12-13-4-2-1-3-5-13)22(28-20(16)10-15)14-6-7-17(24)19(26)8-14/h1-10,21-26H,11-12H2/t21-,22+/m0/s1. The van der Waals surface area contributed by atoms with E-state index in [1.807, 2.05) is 30.3 Å². The van der Waals surface area contributed by atoms with Crippen LogP contribution in [-0.4, -0.2) is 26.5 Å². The smallest absolute Gasteiger partial charge is 0.157 e. The zero-order chi connectivity index (χ0) is 19.7. The van der Waals surface area contributed by atoms with Crippen molar-refractivity contribution >= 4 is 0 Å². The maximum atomic E-state index is 10.2. The van der Waals surface area contributed by atoms with Crippen LogP contribution in [0, 0.1) is 0 Å². The lowest BCUT2D eigenvalue weighted by atomic mass is 9.93. The molecule has 0 radical (unpaired) electrons. The number of ether oxygens (including phenoxy) is 2. The van der Waals surface area contributed by atoms with Crippen LogP contribution in [0.5, 0.6) is 28.7 Å². The third-order valence-electron chi connectivity index (χ3n) is 4.80. The SMILES string of the molecule is Oc1cc(O)c2c(c1)O[C@H](c1ccc(O)c(O)c1)[C@@H](OCc1ccccc1)C2. The molecule has 3 aromatic carbocycles. The van der Waals surface area contributed by atoms with Gasteiger partial charge >= 0.3 is 0 Å². The second kappa shape index (κ2) is 7.32. The molecule has 0 spiro atoms. The molecule has 1 heterocycles. The zero-order valence-corrected chi connectivity index (χ0v) is 14.9. The zero-order valence-electron chi connectivity index (χ0n) is 14.9. The Bertz CT molecular complexity index is 986. The van der Waals surface area contributed by atoms with Crippen LogP contribution in [0.3, 0.4) is 0 Å². The molecule has 0 fully saturated rings. The monoisotopic (exact) mass is 380 g/mol. The fraction of sp³-hybridized carbons (Fsp3) is 0.182. The predicted octanol–water partition coefficient (Wildman–Crippen LogP) is 3.77. The van der Waals surface area contributed by atoms with Crippen molar-refractivity contribution in [2.75, 3.05) is 0 Å². The molecule has 0 aromatic heterocycles. The van der Waals surface area contributed by atoms with E-state index in [2.05, 4.69) is 0 Å². The van der Waals surface area contributed by atoms with Gasteiger partial charge in [0, 0.05) is 24.1 Å². The van der Waals surface area contributed by atoms with Gasteiger partial charge in [-0.1, -0.05) is 36.4 Å². The number of rotatable bonds is 4. The minimum Gasteiger partial charge on any atom is -0.508 e. The van der Waals surface area contributed by atoms with Crippen molar-refractivity contribution in [3.63, 3.8) is 0 Å². The number of benzene rings is 3. The largest absolute Gasteiger partial charge is 0.508 e. The Labute approximate surface area is 161 Å². The maximum absolute atomic E-state index is 10.2. The van der Waals surface area contributed by atoms with E-state index in [1.165, 1.54) is 24.3 Å². The normalized spacial score (nSPS) is 18.3. The molecule has 144 valence electrons. The van der Waals surface area contributed by atoms with E-state index >= 15 is 0 Å². The van der Waals surface area contributed by atoms with E-state index in [9.17, 15) is 20.4 Å². The molecule has 0 amide bonds. The molecule has 0 saturated heterocycles. The molecule has 0 aliphatic carbocycles. The topological polar surface area (TPSA) is 99.4 Å². The summed E-state index contributed by atoms with van der Waals surface area (Å²) in [6.45, 7) is 0.351. The molecule has 0 saturated carbocycles. The van der Waals surface area contributed by atoms with Gasteiger partial charge in [-0.05, 0) is 23.3 Å². The van der Waals surface area contributed by atoms with Gasteiger partial charge in [-0.15, -0.1) is 0 Å². The van der Waals surface area contributed by atoms with Crippen molar-refractivity contribution < 1.29 is 29.9 Å². The van der Waals surface area contributed by atoms with Crippen LogP contribution in [0.25, 0.3) is 0 Å². The highest BCUT2D eigenvalue weighted by Gasteiger charge is 2.34. The van der Waals surface area contributed by atoms with Crippen molar-refractivity contribution in [1.29, 1.82) is 0 Å². The minimum absolute atomic E-state index is 0.0599. The second-order valence-electron chi connectivity index (χ2n) is 6.77. The average molecular weight is 380 g/mol. The number of fused-ring (bicyclic) bond motifs is 1. The van der Waals surface area contributed by atoms with E-state index in [1.54, 1.807) is 6.07 Å². The quantitative estimate of drug-likeness (QED) is 0.514. The molecule has 1 aliphatic heterocycles. The third-order valence-corrected chi connectivity index (χ3v) is 4.80. The first-order chi connectivity index (χ1) is 13.5. The van der Waals surface area contributed by atoms with Crippen LogP contribution in [0.1, 0.15) is 22.8 Å². The van der Waals surface area contributed by atoms with E-state index < -0.39 is 12.2 Å². The minimum atomic E-state index is -0.594. The van der Waals surface area contributed by atoms with Gasteiger partial charge in [-0.2, -0.15) is 0 Å². The van der Waals surface area contributed by atoms with E-state index in [-0.39, 0.29) is 23.0 Å². The number of hydrogen-bond acceptors (Lipinski definition) is 6. The molecule has 6 heteroatoms. The number of phenols is 4. The summed E-state index contributed by atoms with van der Waals surface area (Å²) in [5, 5.41) is 39.5. The molecular weight excluding hydrogens is 360 g/mol. The van der Waals surface area contributed by atoms with Gasteiger partial charge in [0.25, 0.3) is 0 Å². The van der Waals surface area contributed by atoms with Crippen molar-refractivity contribution in [3.8, 4) is 28.7 Å². The van der Waals surface area contributed by atoms with Gasteiger partial charge < -0.3 is 29.9 Å². The summed E-state index contributed by atoms with van der Waals surface area (Å²) in [4.78, 5) is 0. The summed E-state index contributed by atoms with van der Waals surface area (Å²) < 4.78 is 12.1. The first-order valence-electron chi connectivity index (χ1n) is 8.90. The summed E-state index contributed by atoms with van der Waals surface area (Å²) in [7, 11) is 0. The molecular formula is C22H20O6. The molecule has 0 bridgehead atoms. The lowest BCUT2D eigenvalue weighted by Gasteiger charge is -2.34. The highest BCUT2D eigenvalue weighted by Crippen LogP contribution is 2.43. The molecule has 3 aromatic rings. The highest BCUT2D eigenvalue weighted by molar-refractivity contribution is 5.52. The average Bonchev–Trinajstić information content (AvgIpc) is 2.69. The molecule has 4 N–H and O–H groups in total. The van der Waals surface area contributed by atoms with Crippen LogP contribution in [0.15, 0.2) is 60.7 Å². The number of aromatic hydroxyl groups is 4. The Morgan fingerprint density at radius 1 is 0.857 bits per heavy atom.